The first-order valence-corrected chi connectivity index (χ1v) is 8.95. The van der Waals surface area contributed by atoms with Crippen molar-refractivity contribution in [2.75, 3.05) is 13.7 Å². The lowest BCUT2D eigenvalue weighted by molar-refractivity contribution is -0.137. The number of nitrogens with one attached hydrogen (secondary N) is 1. The number of alkyl halides is 3. The van der Waals surface area contributed by atoms with Crippen molar-refractivity contribution < 1.29 is 30.7 Å². The lowest BCUT2D eigenvalue weighted by Gasteiger charge is -2.29. The molecule has 0 saturated heterocycles. The Morgan fingerprint density at radius 3 is 2.31 bits per heavy atom. The van der Waals surface area contributed by atoms with Crippen LogP contribution in [0.3, 0.4) is 0 Å². The fourth-order valence-electron chi connectivity index (χ4n) is 2.32. The number of hydrogen-bond donors (Lipinski definition) is 1. The molecular formula is C17H17F4NO3S. The van der Waals surface area contributed by atoms with Crippen LogP contribution in [-0.4, -0.2) is 22.1 Å². The molecule has 0 heterocycles. The van der Waals surface area contributed by atoms with Crippen molar-refractivity contribution in [3.63, 3.8) is 0 Å². The van der Waals surface area contributed by atoms with Gasteiger partial charge in [-0.2, -0.15) is 13.2 Å². The van der Waals surface area contributed by atoms with Gasteiger partial charge in [0.25, 0.3) is 0 Å². The Balaban J connectivity index is 2.28. The van der Waals surface area contributed by atoms with Crippen molar-refractivity contribution in [1.29, 1.82) is 0 Å². The van der Waals surface area contributed by atoms with Crippen molar-refractivity contribution in [1.82, 2.24) is 4.72 Å². The maximum Gasteiger partial charge on any atom is 0.416 e. The van der Waals surface area contributed by atoms with E-state index in [9.17, 15) is 26.0 Å². The molecule has 2 aromatic carbocycles. The van der Waals surface area contributed by atoms with Crippen molar-refractivity contribution in [2.45, 2.75) is 23.6 Å². The fraction of sp³-hybridized carbons (Fsp3) is 0.294. The first kappa shape index (κ1) is 20.3. The van der Waals surface area contributed by atoms with Crippen molar-refractivity contribution >= 4 is 10.0 Å². The van der Waals surface area contributed by atoms with Crippen LogP contribution < -0.4 is 4.72 Å². The van der Waals surface area contributed by atoms with Crippen LogP contribution in [-0.2, 0) is 26.5 Å². The third kappa shape index (κ3) is 4.40. The Morgan fingerprint density at radius 1 is 1.08 bits per heavy atom. The molecule has 0 unspecified atom stereocenters. The second kappa shape index (κ2) is 7.34. The van der Waals surface area contributed by atoms with Gasteiger partial charge in [-0.05, 0) is 31.2 Å². The maximum absolute atomic E-state index is 14.0. The van der Waals surface area contributed by atoms with Crippen LogP contribution >= 0.6 is 0 Å². The average molecular weight is 391 g/mol. The summed E-state index contributed by atoms with van der Waals surface area (Å²) in [5.41, 5.74) is -2.31. The molecule has 0 bridgehead atoms. The van der Waals surface area contributed by atoms with Gasteiger partial charge in [-0.25, -0.2) is 17.5 Å². The smallest absolute Gasteiger partial charge is 0.372 e. The first-order chi connectivity index (χ1) is 12.0. The molecule has 1 N–H and O–H groups in total. The summed E-state index contributed by atoms with van der Waals surface area (Å²) in [6.07, 6.45) is -4.67. The van der Waals surface area contributed by atoms with Gasteiger partial charge < -0.3 is 4.74 Å². The van der Waals surface area contributed by atoms with Crippen molar-refractivity contribution in [3.8, 4) is 0 Å². The molecule has 0 aliphatic carbocycles. The van der Waals surface area contributed by atoms with E-state index in [2.05, 4.69) is 4.72 Å². The highest BCUT2D eigenvalue weighted by atomic mass is 32.2. The summed E-state index contributed by atoms with van der Waals surface area (Å²) in [6.45, 7) is 1.10. The summed E-state index contributed by atoms with van der Waals surface area (Å²) in [6, 6.07) is 9.05. The van der Waals surface area contributed by atoms with Gasteiger partial charge in [0, 0.05) is 19.2 Å². The third-order valence-electron chi connectivity index (χ3n) is 3.97. The number of halogens is 4. The molecule has 1 atom stereocenters. The van der Waals surface area contributed by atoms with Crippen LogP contribution in [0.5, 0.6) is 0 Å². The van der Waals surface area contributed by atoms with Crippen LogP contribution in [0.2, 0.25) is 0 Å². The molecule has 2 aromatic rings. The third-order valence-corrected chi connectivity index (χ3v) is 5.36. The van der Waals surface area contributed by atoms with Gasteiger partial charge in [-0.15, -0.1) is 0 Å². The molecular weight excluding hydrogens is 374 g/mol. The molecule has 0 aliphatic rings. The van der Waals surface area contributed by atoms with Crippen molar-refractivity contribution in [3.05, 3.63) is 65.5 Å². The SMILES string of the molecule is CO[C@@](C)(CNS(=O)(=O)c1cccc(C(F)(F)F)c1)c1ccccc1F. The van der Waals surface area contributed by atoms with E-state index < -0.39 is 38.1 Å². The van der Waals surface area contributed by atoms with Crippen LogP contribution in [0.15, 0.2) is 53.4 Å². The van der Waals surface area contributed by atoms with Gasteiger partial charge in [0.2, 0.25) is 10.0 Å². The summed E-state index contributed by atoms with van der Waals surface area (Å²) < 4.78 is 84.5. The van der Waals surface area contributed by atoms with E-state index >= 15 is 0 Å². The minimum atomic E-state index is -4.67. The normalized spacial score (nSPS) is 14.8. The first-order valence-electron chi connectivity index (χ1n) is 7.47. The zero-order valence-corrected chi connectivity index (χ0v) is 14.8. The Morgan fingerprint density at radius 2 is 1.73 bits per heavy atom. The predicted molar refractivity (Wildman–Crippen MR) is 87.4 cm³/mol. The molecule has 26 heavy (non-hydrogen) atoms. The quantitative estimate of drug-likeness (QED) is 0.765. The fourth-order valence-corrected chi connectivity index (χ4v) is 3.50. The van der Waals surface area contributed by atoms with Crippen LogP contribution in [0.4, 0.5) is 17.6 Å². The van der Waals surface area contributed by atoms with E-state index in [1.54, 1.807) is 6.07 Å². The van der Waals surface area contributed by atoms with Crippen molar-refractivity contribution in [2.24, 2.45) is 0 Å². The van der Waals surface area contributed by atoms with Crippen LogP contribution in [0, 0.1) is 5.82 Å². The van der Waals surface area contributed by atoms with E-state index in [1.807, 2.05) is 0 Å². The second-order valence-corrected chi connectivity index (χ2v) is 7.53. The molecule has 0 amide bonds. The Labute approximate surface area is 148 Å². The van der Waals surface area contributed by atoms with Gasteiger partial charge >= 0.3 is 6.18 Å². The molecule has 2 rings (SSSR count). The molecule has 142 valence electrons. The maximum atomic E-state index is 14.0. The molecule has 0 aliphatic heterocycles. The lowest BCUT2D eigenvalue weighted by atomic mass is 9.95. The van der Waals surface area contributed by atoms with E-state index in [-0.39, 0.29) is 12.1 Å². The summed E-state index contributed by atoms with van der Waals surface area (Å²) in [5, 5.41) is 0. The van der Waals surface area contributed by atoms with Gasteiger partial charge in [-0.1, -0.05) is 24.3 Å². The zero-order chi connectivity index (χ0) is 19.6. The van der Waals surface area contributed by atoms with Crippen LogP contribution in [0.1, 0.15) is 18.1 Å². The minimum Gasteiger partial charge on any atom is -0.372 e. The van der Waals surface area contributed by atoms with E-state index in [0.717, 1.165) is 18.2 Å². The standard InChI is InChI=1S/C17H17F4NO3S/c1-16(25-2,14-8-3-4-9-15(14)18)11-22-26(23,24)13-7-5-6-12(10-13)17(19,20)21/h3-10,22H,11H2,1-2H3/t16-/m0/s1. The summed E-state index contributed by atoms with van der Waals surface area (Å²) >= 11 is 0. The average Bonchev–Trinajstić information content (AvgIpc) is 2.59. The topological polar surface area (TPSA) is 55.4 Å². The zero-order valence-electron chi connectivity index (χ0n) is 14.0. The highest BCUT2D eigenvalue weighted by Gasteiger charge is 2.33. The highest BCUT2D eigenvalue weighted by molar-refractivity contribution is 7.89. The number of benzene rings is 2. The number of ether oxygens (including phenoxy) is 1. The highest BCUT2D eigenvalue weighted by Crippen LogP contribution is 2.31. The summed E-state index contributed by atoms with van der Waals surface area (Å²) in [7, 11) is -2.98. The molecule has 0 radical (unpaired) electrons. The van der Waals surface area contributed by atoms with E-state index in [1.165, 1.54) is 32.2 Å². The largest absolute Gasteiger partial charge is 0.416 e. The Bertz CT molecular complexity index is 884. The molecule has 0 saturated carbocycles. The van der Waals surface area contributed by atoms with Gasteiger partial charge in [-0.3, -0.25) is 0 Å². The Kier molecular flexibility index (Phi) is 5.74. The predicted octanol–water partition coefficient (Wildman–Crippen LogP) is 3.68. The molecule has 0 spiro atoms. The monoisotopic (exact) mass is 391 g/mol. The van der Waals surface area contributed by atoms with Gasteiger partial charge in [0.05, 0.1) is 10.5 Å². The number of sulfonamides is 1. The molecule has 4 nitrogen and oxygen atoms in total. The Hall–Kier alpha value is -1.97. The summed E-state index contributed by atoms with van der Waals surface area (Å²) in [5.74, 6) is -0.588. The summed E-state index contributed by atoms with van der Waals surface area (Å²) in [4.78, 5) is -0.542. The molecule has 9 heteroatoms. The van der Waals surface area contributed by atoms with Crippen LogP contribution in [0.25, 0.3) is 0 Å². The number of rotatable bonds is 6. The second-order valence-electron chi connectivity index (χ2n) is 5.76. The molecule has 0 fully saturated rings. The lowest BCUT2D eigenvalue weighted by Crippen LogP contribution is -2.40. The number of methoxy groups -OCH3 is 1. The van der Waals surface area contributed by atoms with E-state index in [4.69, 9.17) is 4.74 Å². The van der Waals surface area contributed by atoms with Gasteiger partial charge in [0.1, 0.15) is 11.4 Å². The molecule has 0 aromatic heterocycles. The van der Waals surface area contributed by atoms with Gasteiger partial charge in [0.15, 0.2) is 0 Å². The number of hydrogen-bond acceptors (Lipinski definition) is 3. The van der Waals surface area contributed by atoms with E-state index in [0.29, 0.717) is 6.07 Å². The minimum absolute atomic E-state index is 0.120.